The Balaban J connectivity index is 1.53. The van der Waals surface area contributed by atoms with Crippen LogP contribution in [0.5, 0.6) is 0 Å². The molecule has 3 atom stereocenters. The Bertz CT molecular complexity index is 761. The van der Waals surface area contributed by atoms with Gasteiger partial charge in [-0.2, -0.15) is 0 Å². The van der Waals surface area contributed by atoms with Crippen molar-refractivity contribution in [2.45, 2.75) is 46.5 Å². The first kappa shape index (κ1) is 21.8. The first-order chi connectivity index (χ1) is 13.9. The van der Waals surface area contributed by atoms with E-state index in [0.29, 0.717) is 37.6 Å². The molecule has 7 heteroatoms. The van der Waals surface area contributed by atoms with E-state index in [2.05, 4.69) is 24.1 Å². The third-order valence-corrected chi connectivity index (χ3v) is 6.14. The minimum Gasteiger partial charge on any atom is -0.466 e. The average Bonchev–Trinajstić information content (AvgIpc) is 2.69. The molecule has 162 valence electrons. The molecule has 2 aliphatic heterocycles. The quantitative estimate of drug-likeness (QED) is 0.402. The third kappa shape index (κ3) is 5.18. The monoisotopic (exact) mass is 405 g/mol. The fourth-order valence-corrected chi connectivity index (χ4v) is 4.97. The molecule has 2 saturated heterocycles. The normalized spacial score (nSPS) is 25.9. The first-order valence-electron chi connectivity index (χ1n) is 11.1. The molecule has 2 aliphatic rings. The summed E-state index contributed by atoms with van der Waals surface area (Å²) >= 11 is 0. The van der Waals surface area contributed by atoms with Crippen LogP contribution in [0, 0.1) is 17.8 Å². The molecule has 1 N–H and O–H groups in total. The number of likely N-dealkylation sites (tertiary alicyclic amines) is 1. The number of nitrogens with one attached hydrogen (secondary N) is 1. The van der Waals surface area contributed by atoms with Gasteiger partial charge in [-0.1, -0.05) is 13.8 Å². The van der Waals surface area contributed by atoms with Crippen LogP contribution in [0.4, 0.5) is 11.4 Å². The second-order valence-corrected chi connectivity index (χ2v) is 8.91. The van der Waals surface area contributed by atoms with Gasteiger partial charge < -0.3 is 19.9 Å². The summed E-state index contributed by atoms with van der Waals surface area (Å²) in [6.07, 6.45) is 3.81. The number of esters is 1. The molecule has 0 bridgehead atoms. The second-order valence-electron chi connectivity index (χ2n) is 8.91. The number of hydrogen-bond donors (Lipinski definition) is 1. The van der Waals surface area contributed by atoms with Gasteiger partial charge in [0.15, 0.2) is 0 Å². The highest BCUT2D eigenvalue weighted by molar-refractivity contribution is 5.78. The highest BCUT2D eigenvalue weighted by Gasteiger charge is 2.32. The lowest BCUT2D eigenvalue weighted by Crippen LogP contribution is -2.48. The zero-order chi connectivity index (χ0) is 21.0. The van der Waals surface area contributed by atoms with Crippen molar-refractivity contribution in [2.24, 2.45) is 17.8 Å². The Morgan fingerprint density at radius 3 is 2.55 bits per heavy atom. The fourth-order valence-electron chi connectivity index (χ4n) is 4.97. The van der Waals surface area contributed by atoms with Gasteiger partial charge in [0, 0.05) is 32.7 Å². The van der Waals surface area contributed by atoms with E-state index in [1.165, 1.54) is 6.42 Å². The van der Waals surface area contributed by atoms with E-state index in [-0.39, 0.29) is 11.9 Å². The predicted octanol–water partition coefficient (Wildman–Crippen LogP) is 1.84. The second kappa shape index (κ2) is 9.74. The minimum absolute atomic E-state index is 0.213. The van der Waals surface area contributed by atoms with Crippen LogP contribution in [0.15, 0.2) is 9.59 Å². The Morgan fingerprint density at radius 1 is 1.14 bits per heavy atom. The molecule has 0 amide bonds. The van der Waals surface area contributed by atoms with Crippen LogP contribution < -0.4 is 21.1 Å². The molecule has 0 aliphatic carbocycles. The summed E-state index contributed by atoms with van der Waals surface area (Å²) in [5, 5.41) is 3.20. The number of anilines is 2. The lowest BCUT2D eigenvalue weighted by Gasteiger charge is -2.35. The van der Waals surface area contributed by atoms with Gasteiger partial charge in [0.1, 0.15) is 11.4 Å². The zero-order valence-electron chi connectivity index (χ0n) is 18.0. The molecular weight excluding hydrogens is 370 g/mol. The molecule has 3 rings (SSSR count). The molecule has 29 heavy (non-hydrogen) atoms. The SMILES string of the molecule is CCOC(=O)[C@H]1CCCN(c2c(NCCCN3C[C@H](C)C[C@H](C)C3)c(=O)c2=O)C1. The molecule has 2 fully saturated rings. The van der Waals surface area contributed by atoms with Gasteiger partial charge in [0.25, 0.3) is 10.9 Å². The number of ether oxygens (including phenoxy) is 1. The summed E-state index contributed by atoms with van der Waals surface area (Å²) < 4.78 is 5.13. The van der Waals surface area contributed by atoms with Gasteiger partial charge >= 0.3 is 5.97 Å². The third-order valence-electron chi connectivity index (χ3n) is 6.14. The number of piperidine rings is 2. The topological polar surface area (TPSA) is 79.0 Å². The maximum Gasteiger partial charge on any atom is 0.310 e. The number of nitrogens with zero attached hydrogens (tertiary/aromatic N) is 2. The minimum atomic E-state index is -0.435. The van der Waals surface area contributed by atoms with E-state index in [1.807, 2.05) is 4.90 Å². The summed E-state index contributed by atoms with van der Waals surface area (Å²) in [5.74, 6) is 1.02. The number of hydrogen-bond acceptors (Lipinski definition) is 7. The maximum atomic E-state index is 12.2. The average molecular weight is 406 g/mol. The van der Waals surface area contributed by atoms with Crippen molar-refractivity contribution in [1.82, 2.24) is 4.90 Å². The van der Waals surface area contributed by atoms with E-state index in [9.17, 15) is 14.4 Å². The Labute approximate surface area is 173 Å². The van der Waals surface area contributed by atoms with Gasteiger partial charge in [-0.05, 0) is 51.0 Å². The molecule has 0 unspecified atom stereocenters. The summed E-state index contributed by atoms with van der Waals surface area (Å²) in [5.41, 5.74) is 0.0262. The zero-order valence-corrected chi connectivity index (χ0v) is 18.0. The molecule has 0 saturated carbocycles. The Hall–Kier alpha value is -1.89. The van der Waals surface area contributed by atoms with Crippen molar-refractivity contribution in [3.05, 3.63) is 20.4 Å². The van der Waals surface area contributed by atoms with Crippen molar-refractivity contribution in [1.29, 1.82) is 0 Å². The largest absolute Gasteiger partial charge is 0.466 e. The van der Waals surface area contributed by atoms with Gasteiger partial charge in [-0.25, -0.2) is 0 Å². The van der Waals surface area contributed by atoms with Crippen LogP contribution >= 0.6 is 0 Å². The standard InChI is InChI=1S/C22H35N3O4/c1-4-29-22(28)17-7-5-10-25(14-17)19-18(20(26)21(19)27)23-8-6-9-24-12-15(2)11-16(3)13-24/h15-17,23H,4-14H2,1-3H3/t15-,16+,17-/m0/s1. The van der Waals surface area contributed by atoms with Crippen molar-refractivity contribution in [3.63, 3.8) is 0 Å². The van der Waals surface area contributed by atoms with Gasteiger partial charge in [0.05, 0.1) is 12.5 Å². The van der Waals surface area contributed by atoms with E-state index < -0.39 is 10.9 Å². The molecule has 2 heterocycles. The summed E-state index contributed by atoms with van der Waals surface area (Å²) in [7, 11) is 0. The Kier molecular flexibility index (Phi) is 7.33. The first-order valence-corrected chi connectivity index (χ1v) is 11.1. The molecular formula is C22H35N3O4. The molecule has 0 radical (unpaired) electrons. The van der Waals surface area contributed by atoms with Crippen molar-refractivity contribution in [3.8, 4) is 0 Å². The highest BCUT2D eigenvalue weighted by atomic mass is 16.5. The van der Waals surface area contributed by atoms with E-state index in [4.69, 9.17) is 4.74 Å². The van der Waals surface area contributed by atoms with Crippen molar-refractivity contribution < 1.29 is 9.53 Å². The number of carbonyl (C=O) groups excluding carboxylic acids is 1. The Morgan fingerprint density at radius 2 is 1.86 bits per heavy atom. The smallest absolute Gasteiger partial charge is 0.310 e. The summed E-state index contributed by atoms with van der Waals surface area (Å²) in [6.45, 7) is 11.8. The van der Waals surface area contributed by atoms with Crippen molar-refractivity contribution >= 4 is 17.3 Å². The maximum absolute atomic E-state index is 12.2. The molecule has 1 aromatic carbocycles. The van der Waals surface area contributed by atoms with Crippen LogP contribution in [0.3, 0.4) is 0 Å². The summed E-state index contributed by atoms with van der Waals surface area (Å²) in [4.78, 5) is 40.8. The number of rotatable bonds is 8. The summed E-state index contributed by atoms with van der Waals surface area (Å²) in [6, 6.07) is 0. The van der Waals surface area contributed by atoms with Crippen LogP contribution in [0.25, 0.3) is 0 Å². The van der Waals surface area contributed by atoms with E-state index in [0.717, 1.165) is 50.7 Å². The lowest BCUT2D eigenvalue weighted by molar-refractivity contribution is -0.148. The molecule has 7 nitrogen and oxygen atoms in total. The van der Waals surface area contributed by atoms with Gasteiger partial charge in [-0.15, -0.1) is 0 Å². The predicted molar refractivity (Wildman–Crippen MR) is 115 cm³/mol. The highest BCUT2D eigenvalue weighted by Crippen LogP contribution is 2.27. The lowest BCUT2D eigenvalue weighted by atomic mass is 9.92. The van der Waals surface area contributed by atoms with E-state index >= 15 is 0 Å². The van der Waals surface area contributed by atoms with Crippen LogP contribution in [-0.2, 0) is 9.53 Å². The van der Waals surface area contributed by atoms with Gasteiger partial charge in [-0.3, -0.25) is 14.4 Å². The molecule has 0 aromatic heterocycles. The molecule has 0 spiro atoms. The molecule has 1 aromatic rings. The van der Waals surface area contributed by atoms with Crippen LogP contribution in [0.1, 0.15) is 46.5 Å². The van der Waals surface area contributed by atoms with E-state index in [1.54, 1.807) is 6.92 Å². The number of carbonyl (C=O) groups is 1. The fraction of sp³-hybridized carbons (Fsp3) is 0.773. The van der Waals surface area contributed by atoms with Crippen LogP contribution in [0.2, 0.25) is 0 Å². The van der Waals surface area contributed by atoms with Crippen LogP contribution in [-0.4, -0.2) is 56.7 Å². The van der Waals surface area contributed by atoms with Crippen molar-refractivity contribution in [2.75, 3.05) is 56.1 Å². The van der Waals surface area contributed by atoms with Gasteiger partial charge in [0.2, 0.25) is 0 Å².